The molecule has 0 spiro atoms. The maximum absolute atomic E-state index is 12.5. The summed E-state index contributed by atoms with van der Waals surface area (Å²) in [5.41, 5.74) is 1.65. The van der Waals surface area contributed by atoms with Gasteiger partial charge in [0.15, 0.2) is 0 Å². The second kappa shape index (κ2) is 9.62. The third kappa shape index (κ3) is 4.65. The number of nitrogens with one attached hydrogen (secondary N) is 1. The number of carbonyl (C=O) groups excluding carboxylic acids is 1. The number of thiophene rings is 1. The number of likely N-dealkylation sites (tertiary alicyclic amines) is 1. The summed E-state index contributed by atoms with van der Waals surface area (Å²) in [5, 5.41) is 4.28. The molecule has 1 aromatic carbocycles. The van der Waals surface area contributed by atoms with Crippen LogP contribution in [0.2, 0.25) is 0 Å². The van der Waals surface area contributed by atoms with Crippen LogP contribution in [-0.4, -0.2) is 47.6 Å². The number of aryl methyl sites for hydroxylation is 1. The van der Waals surface area contributed by atoms with E-state index >= 15 is 0 Å². The van der Waals surface area contributed by atoms with Gasteiger partial charge in [-0.25, -0.2) is 14.8 Å². The summed E-state index contributed by atoms with van der Waals surface area (Å²) in [6.07, 6.45) is 3.70. The number of fused-ring (bicyclic) bond motifs is 1. The molecule has 1 saturated heterocycles. The molecule has 1 N–H and O–H groups in total. The van der Waals surface area contributed by atoms with E-state index in [2.05, 4.69) is 10.2 Å². The fraction of sp³-hybridized carbons (Fsp3) is 0.435. The molecule has 0 bridgehead atoms. The van der Waals surface area contributed by atoms with Crippen molar-refractivity contribution in [2.75, 3.05) is 32.1 Å². The second-order valence-corrected chi connectivity index (χ2v) is 8.61. The van der Waals surface area contributed by atoms with Gasteiger partial charge < -0.3 is 14.8 Å². The number of carbonyl (C=O) groups is 1. The van der Waals surface area contributed by atoms with E-state index in [0.29, 0.717) is 23.8 Å². The van der Waals surface area contributed by atoms with Crippen LogP contribution in [0.4, 0.5) is 11.5 Å². The minimum absolute atomic E-state index is 0.316. The third-order valence-electron chi connectivity index (χ3n) is 5.47. The molecule has 31 heavy (non-hydrogen) atoms. The summed E-state index contributed by atoms with van der Waals surface area (Å²) < 4.78 is 10.8. The van der Waals surface area contributed by atoms with E-state index in [4.69, 9.17) is 19.4 Å². The molecule has 4 rings (SSSR count). The lowest BCUT2D eigenvalue weighted by Gasteiger charge is -2.25. The number of para-hydroxylation sites is 2. The van der Waals surface area contributed by atoms with Crippen molar-refractivity contribution in [2.24, 2.45) is 0 Å². The molecule has 0 radical (unpaired) electrons. The molecule has 0 amide bonds. The minimum Gasteiger partial charge on any atom is -0.495 e. The molecule has 0 atom stereocenters. The Morgan fingerprint density at radius 2 is 1.97 bits per heavy atom. The van der Waals surface area contributed by atoms with Gasteiger partial charge in [0.05, 0.1) is 31.3 Å². The van der Waals surface area contributed by atoms with Gasteiger partial charge in [-0.3, -0.25) is 4.90 Å². The minimum atomic E-state index is -0.316. The number of methoxy groups -OCH3 is 1. The van der Waals surface area contributed by atoms with Crippen molar-refractivity contribution >= 4 is 39.0 Å². The van der Waals surface area contributed by atoms with E-state index in [-0.39, 0.29) is 5.97 Å². The normalized spacial score (nSPS) is 14.5. The zero-order valence-corrected chi connectivity index (χ0v) is 19.1. The molecule has 3 heterocycles. The Balaban J connectivity index is 1.78. The van der Waals surface area contributed by atoms with Gasteiger partial charge in [0.25, 0.3) is 0 Å². The van der Waals surface area contributed by atoms with Crippen LogP contribution in [0.5, 0.6) is 5.75 Å². The lowest BCUT2D eigenvalue weighted by molar-refractivity contribution is 0.0531. The summed E-state index contributed by atoms with van der Waals surface area (Å²) in [5.74, 6) is 1.85. The number of piperidine rings is 1. The van der Waals surface area contributed by atoms with Crippen LogP contribution in [0, 0.1) is 6.92 Å². The fourth-order valence-corrected chi connectivity index (χ4v) is 5.02. The molecule has 0 aliphatic carbocycles. The summed E-state index contributed by atoms with van der Waals surface area (Å²) in [6.45, 7) is 6.90. The second-order valence-electron chi connectivity index (χ2n) is 7.61. The van der Waals surface area contributed by atoms with E-state index in [0.717, 1.165) is 46.1 Å². The van der Waals surface area contributed by atoms with Crippen LogP contribution < -0.4 is 10.1 Å². The molecule has 1 aliphatic heterocycles. The molecule has 0 unspecified atom stereocenters. The van der Waals surface area contributed by atoms with Gasteiger partial charge in [-0.2, -0.15) is 0 Å². The number of rotatable bonds is 7. The van der Waals surface area contributed by atoms with E-state index in [9.17, 15) is 4.79 Å². The third-order valence-corrected chi connectivity index (χ3v) is 6.64. The van der Waals surface area contributed by atoms with E-state index in [1.54, 1.807) is 7.11 Å². The fourth-order valence-electron chi connectivity index (χ4n) is 3.93. The van der Waals surface area contributed by atoms with Gasteiger partial charge in [0.1, 0.15) is 27.1 Å². The molecule has 1 aliphatic rings. The average molecular weight is 441 g/mol. The maximum Gasteiger partial charge on any atom is 0.348 e. The Labute approximate surface area is 186 Å². The standard InChI is InChI=1S/C23H28N4O3S/c1-4-30-23(28)20-15(2)19-21(24-16-10-6-7-11-17(16)29-3)25-18(26-22(19)31-20)14-27-12-8-5-9-13-27/h6-7,10-11H,4-5,8-9,12-14H2,1-3H3,(H,24,25,26). The van der Waals surface area contributed by atoms with E-state index < -0.39 is 0 Å². The zero-order chi connectivity index (χ0) is 21.8. The van der Waals surface area contributed by atoms with E-state index in [1.165, 1.54) is 30.6 Å². The van der Waals surface area contributed by atoms with Crippen molar-refractivity contribution in [3.05, 3.63) is 40.5 Å². The highest BCUT2D eigenvalue weighted by molar-refractivity contribution is 7.20. The Kier molecular flexibility index (Phi) is 6.67. The molecule has 0 saturated carbocycles. The van der Waals surface area contributed by atoms with Gasteiger partial charge in [-0.15, -0.1) is 11.3 Å². The molecule has 8 heteroatoms. The maximum atomic E-state index is 12.5. The highest BCUT2D eigenvalue weighted by atomic mass is 32.1. The van der Waals surface area contributed by atoms with Gasteiger partial charge in [0, 0.05) is 0 Å². The van der Waals surface area contributed by atoms with Crippen molar-refractivity contribution in [1.29, 1.82) is 0 Å². The molecule has 7 nitrogen and oxygen atoms in total. The number of hydrogen-bond acceptors (Lipinski definition) is 8. The number of esters is 1. The molecule has 164 valence electrons. The number of nitrogens with zero attached hydrogens (tertiary/aromatic N) is 3. The first-order valence-corrected chi connectivity index (χ1v) is 11.5. The predicted octanol–water partition coefficient (Wildman–Crippen LogP) is 4.91. The summed E-state index contributed by atoms with van der Waals surface area (Å²) in [7, 11) is 1.65. The van der Waals surface area contributed by atoms with E-state index in [1.807, 2.05) is 38.1 Å². The molecule has 2 aromatic heterocycles. The van der Waals surface area contributed by atoms with Crippen molar-refractivity contribution in [3.63, 3.8) is 0 Å². The number of benzene rings is 1. The average Bonchev–Trinajstić information content (AvgIpc) is 3.11. The largest absolute Gasteiger partial charge is 0.495 e. The lowest BCUT2D eigenvalue weighted by atomic mass is 10.1. The number of hydrogen-bond donors (Lipinski definition) is 1. The Morgan fingerprint density at radius 3 is 2.71 bits per heavy atom. The van der Waals surface area contributed by atoms with Crippen LogP contribution in [0.3, 0.4) is 0 Å². The van der Waals surface area contributed by atoms with Crippen LogP contribution in [0.1, 0.15) is 47.2 Å². The number of anilines is 2. The summed E-state index contributed by atoms with van der Waals surface area (Å²) in [6, 6.07) is 7.73. The van der Waals surface area contributed by atoms with Crippen LogP contribution in [0.15, 0.2) is 24.3 Å². The Hall–Kier alpha value is -2.71. The van der Waals surface area contributed by atoms with Crippen molar-refractivity contribution in [2.45, 2.75) is 39.7 Å². The predicted molar refractivity (Wildman–Crippen MR) is 124 cm³/mol. The highest BCUT2D eigenvalue weighted by Gasteiger charge is 2.23. The highest BCUT2D eigenvalue weighted by Crippen LogP contribution is 2.37. The Bertz CT molecular complexity index is 1080. The zero-order valence-electron chi connectivity index (χ0n) is 18.2. The first-order chi connectivity index (χ1) is 15.1. The van der Waals surface area contributed by atoms with Gasteiger partial charge in [0.2, 0.25) is 0 Å². The smallest absolute Gasteiger partial charge is 0.348 e. The van der Waals surface area contributed by atoms with Crippen LogP contribution in [-0.2, 0) is 11.3 Å². The Morgan fingerprint density at radius 1 is 1.19 bits per heavy atom. The quantitative estimate of drug-likeness (QED) is 0.523. The molecular formula is C23H28N4O3S. The number of ether oxygens (including phenoxy) is 2. The monoisotopic (exact) mass is 440 g/mol. The first-order valence-electron chi connectivity index (χ1n) is 10.7. The lowest BCUT2D eigenvalue weighted by Crippen LogP contribution is -2.29. The number of aromatic nitrogens is 2. The first kappa shape index (κ1) is 21.5. The van der Waals surface area contributed by atoms with Crippen molar-refractivity contribution in [3.8, 4) is 5.75 Å². The molecular weight excluding hydrogens is 412 g/mol. The van der Waals surface area contributed by atoms with Crippen molar-refractivity contribution in [1.82, 2.24) is 14.9 Å². The van der Waals surface area contributed by atoms with Crippen LogP contribution >= 0.6 is 11.3 Å². The summed E-state index contributed by atoms with van der Waals surface area (Å²) in [4.78, 5) is 26.0. The van der Waals surface area contributed by atoms with Crippen LogP contribution in [0.25, 0.3) is 10.2 Å². The van der Waals surface area contributed by atoms with Crippen molar-refractivity contribution < 1.29 is 14.3 Å². The van der Waals surface area contributed by atoms with Gasteiger partial charge in [-0.05, 0) is 57.5 Å². The van der Waals surface area contributed by atoms with Gasteiger partial charge >= 0.3 is 5.97 Å². The topological polar surface area (TPSA) is 76.6 Å². The SMILES string of the molecule is CCOC(=O)c1sc2nc(CN3CCCCC3)nc(Nc3ccccc3OC)c2c1C. The van der Waals surface area contributed by atoms with Gasteiger partial charge in [-0.1, -0.05) is 18.6 Å². The summed E-state index contributed by atoms with van der Waals surface area (Å²) >= 11 is 1.37. The molecule has 1 fully saturated rings. The molecule has 3 aromatic rings.